The van der Waals surface area contributed by atoms with Crippen molar-refractivity contribution in [2.24, 2.45) is 0 Å². The monoisotopic (exact) mass is 370 g/mol. The molecule has 0 N–H and O–H groups in total. The topological polar surface area (TPSA) is 38.8 Å². The lowest BCUT2D eigenvalue weighted by molar-refractivity contribution is -0.108. The molecule has 156 valence electrons. The van der Waals surface area contributed by atoms with Gasteiger partial charge in [0.25, 0.3) is 0 Å². The molecule has 0 aromatic carbocycles. The van der Waals surface area contributed by atoms with E-state index in [0.717, 1.165) is 19.5 Å². The summed E-state index contributed by atoms with van der Waals surface area (Å²) in [7, 11) is 0. The van der Waals surface area contributed by atoms with E-state index in [1.165, 1.54) is 103 Å². The maximum Gasteiger partial charge on any atom is 0.151 e. The lowest BCUT2D eigenvalue weighted by atomic mass is 10.1. The van der Waals surface area contributed by atoms with Crippen LogP contribution in [0.3, 0.4) is 0 Å². The molecule has 0 radical (unpaired) electrons. The number of hydrogen-bond acceptors (Lipinski definition) is 3. The molecule has 0 spiro atoms. The van der Waals surface area contributed by atoms with Crippen molar-refractivity contribution in [1.29, 1.82) is 0 Å². The lowest BCUT2D eigenvalue weighted by Crippen LogP contribution is -1.97. The van der Waals surface area contributed by atoms with Crippen molar-refractivity contribution in [2.75, 3.05) is 19.8 Å². The van der Waals surface area contributed by atoms with Crippen molar-refractivity contribution in [3.05, 3.63) is 0 Å². The van der Waals surface area contributed by atoms with Crippen LogP contribution in [0.15, 0.2) is 0 Å². The molecule has 0 amide bonds. The fraction of sp³-hybridized carbons (Fsp3) is 0.957. The molecule has 0 saturated carbocycles. The molecule has 1 aliphatic heterocycles. The SMILES string of the molecule is CCCCCCCCCCOCCCCCCCCCC.O=CC1CO1. The van der Waals surface area contributed by atoms with Crippen LogP contribution in [0.1, 0.15) is 117 Å². The molecule has 0 aliphatic carbocycles. The average molecular weight is 371 g/mol. The Morgan fingerprint density at radius 3 is 1.31 bits per heavy atom. The highest BCUT2D eigenvalue weighted by molar-refractivity contribution is 5.58. The third kappa shape index (κ3) is 23.6. The van der Waals surface area contributed by atoms with Crippen LogP contribution in [0.4, 0.5) is 0 Å². The molecule has 26 heavy (non-hydrogen) atoms. The van der Waals surface area contributed by atoms with Crippen molar-refractivity contribution >= 4 is 6.29 Å². The van der Waals surface area contributed by atoms with Gasteiger partial charge in [-0.2, -0.15) is 0 Å². The average Bonchev–Trinajstić information content (AvgIpc) is 3.49. The summed E-state index contributed by atoms with van der Waals surface area (Å²) in [4.78, 5) is 9.44. The largest absolute Gasteiger partial charge is 0.381 e. The first kappa shape index (κ1) is 25.6. The summed E-state index contributed by atoms with van der Waals surface area (Å²) in [5.41, 5.74) is 0. The van der Waals surface area contributed by atoms with Gasteiger partial charge in [-0.1, -0.05) is 104 Å². The first-order valence-corrected chi connectivity index (χ1v) is 11.5. The number of unbranched alkanes of at least 4 members (excludes halogenated alkanes) is 14. The van der Waals surface area contributed by atoms with Crippen LogP contribution in [-0.4, -0.2) is 32.2 Å². The van der Waals surface area contributed by atoms with Crippen molar-refractivity contribution in [1.82, 2.24) is 0 Å². The van der Waals surface area contributed by atoms with E-state index in [2.05, 4.69) is 18.6 Å². The maximum atomic E-state index is 9.44. The van der Waals surface area contributed by atoms with Crippen molar-refractivity contribution in [2.45, 2.75) is 123 Å². The molecule has 0 aromatic rings. The highest BCUT2D eigenvalue weighted by Gasteiger charge is 2.19. The Kier molecular flexibility index (Phi) is 22.3. The number of carbonyl (C=O) groups is 1. The second kappa shape index (κ2) is 22.6. The van der Waals surface area contributed by atoms with Crippen LogP contribution in [0.25, 0.3) is 0 Å². The molecule has 1 heterocycles. The number of carbonyl (C=O) groups excluding carboxylic acids is 1. The first-order chi connectivity index (χ1) is 12.8. The predicted molar refractivity (Wildman–Crippen MR) is 112 cm³/mol. The van der Waals surface area contributed by atoms with Gasteiger partial charge in [-0.15, -0.1) is 0 Å². The van der Waals surface area contributed by atoms with E-state index < -0.39 is 0 Å². The van der Waals surface area contributed by atoms with Gasteiger partial charge in [-0.25, -0.2) is 0 Å². The minimum Gasteiger partial charge on any atom is -0.381 e. The molecule has 0 aromatic heterocycles. The molecule has 3 heteroatoms. The normalized spacial score (nSPS) is 15.4. The summed E-state index contributed by atoms with van der Waals surface area (Å²) in [5.74, 6) is 0. The molecule has 1 unspecified atom stereocenters. The number of hydrogen-bond donors (Lipinski definition) is 0. The minimum absolute atomic E-state index is 0.0463. The number of epoxide rings is 1. The van der Waals surface area contributed by atoms with Crippen LogP contribution in [0.2, 0.25) is 0 Å². The molecular weight excluding hydrogens is 324 g/mol. The second-order valence-electron chi connectivity index (χ2n) is 7.57. The Balaban J connectivity index is 0.00000106. The predicted octanol–water partition coefficient (Wildman–Crippen LogP) is 6.87. The summed E-state index contributed by atoms with van der Waals surface area (Å²) < 4.78 is 10.2. The van der Waals surface area contributed by atoms with Gasteiger partial charge in [-0.05, 0) is 12.8 Å². The van der Waals surface area contributed by atoms with Crippen LogP contribution >= 0.6 is 0 Å². The molecular formula is C23H46O3. The van der Waals surface area contributed by atoms with Crippen LogP contribution in [0, 0.1) is 0 Å². The maximum absolute atomic E-state index is 9.44. The highest BCUT2D eigenvalue weighted by Crippen LogP contribution is 2.10. The number of rotatable bonds is 19. The smallest absolute Gasteiger partial charge is 0.151 e. The van der Waals surface area contributed by atoms with E-state index in [1.54, 1.807) is 0 Å². The van der Waals surface area contributed by atoms with E-state index >= 15 is 0 Å². The summed E-state index contributed by atoms with van der Waals surface area (Å²) in [5, 5.41) is 0. The Hall–Kier alpha value is -0.410. The summed E-state index contributed by atoms with van der Waals surface area (Å²) in [6.45, 7) is 7.19. The summed E-state index contributed by atoms with van der Waals surface area (Å²) in [6.07, 6.45) is 23.0. The van der Waals surface area contributed by atoms with Crippen molar-refractivity contribution in [3.8, 4) is 0 Å². The standard InChI is InChI=1S/C20H42O.C3H4O2/c1-3-5-7-9-11-13-15-17-19-21-20-18-16-14-12-10-8-6-4-2;4-1-3-2-5-3/h3-20H2,1-2H3;1,3H,2H2. The highest BCUT2D eigenvalue weighted by atomic mass is 16.6. The Morgan fingerprint density at radius 1 is 0.692 bits per heavy atom. The molecule has 1 saturated heterocycles. The van der Waals surface area contributed by atoms with Gasteiger partial charge in [0.05, 0.1) is 6.61 Å². The zero-order valence-corrected chi connectivity index (χ0v) is 17.8. The van der Waals surface area contributed by atoms with E-state index in [4.69, 9.17) is 4.74 Å². The Bertz CT molecular complexity index is 246. The molecule has 1 atom stereocenters. The summed E-state index contributed by atoms with van der Waals surface area (Å²) in [6, 6.07) is 0. The van der Waals surface area contributed by atoms with Gasteiger partial charge >= 0.3 is 0 Å². The Labute approximate surface area is 163 Å². The molecule has 3 nitrogen and oxygen atoms in total. The molecule has 0 bridgehead atoms. The van der Waals surface area contributed by atoms with Crippen LogP contribution in [0.5, 0.6) is 0 Å². The lowest BCUT2D eigenvalue weighted by Gasteiger charge is -2.05. The molecule has 1 aliphatic rings. The van der Waals surface area contributed by atoms with E-state index in [1.807, 2.05) is 0 Å². The molecule has 1 rings (SSSR count). The number of aldehydes is 1. The zero-order valence-electron chi connectivity index (χ0n) is 17.8. The third-order valence-corrected chi connectivity index (χ3v) is 4.80. The van der Waals surface area contributed by atoms with Gasteiger partial charge in [0.15, 0.2) is 6.29 Å². The fourth-order valence-electron chi connectivity index (χ4n) is 2.91. The first-order valence-electron chi connectivity index (χ1n) is 11.5. The van der Waals surface area contributed by atoms with Crippen molar-refractivity contribution in [3.63, 3.8) is 0 Å². The third-order valence-electron chi connectivity index (χ3n) is 4.80. The van der Waals surface area contributed by atoms with Gasteiger partial charge in [-0.3, -0.25) is 0 Å². The van der Waals surface area contributed by atoms with Crippen molar-refractivity contribution < 1.29 is 14.3 Å². The van der Waals surface area contributed by atoms with Gasteiger partial charge in [0.1, 0.15) is 6.10 Å². The zero-order chi connectivity index (χ0) is 19.1. The van der Waals surface area contributed by atoms with E-state index in [9.17, 15) is 4.79 Å². The molecule has 1 fully saturated rings. The quantitative estimate of drug-likeness (QED) is 0.141. The second-order valence-corrected chi connectivity index (χ2v) is 7.57. The summed E-state index contributed by atoms with van der Waals surface area (Å²) >= 11 is 0. The minimum atomic E-state index is -0.0463. The van der Waals surface area contributed by atoms with Crippen LogP contribution < -0.4 is 0 Å². The van der Waals surface area contributed by atoms with Gasteiger partial charge in [0, 0.05) is 13.2 Å². The van der Waals surface area contributed by atoms with E-state index in [0.29, 0.717) is 6.61 Å². The Morgan fingerprint density at radius 2 is 1.04 bits per heavy atom. The fourth-order valence-corrected chi connectivity index (χ4v) is 2.91. The van der Waals surface area contributed by atoms with Gasteiger partial charge < -0.3 is 14.3 Å². The van der Waals surface area contributed by atoms with E-state index in [-0.39, 0.29) is 6.10 Å². The van der Waals surface area contributed by atoms with Crippen LogP contribution in [-0.2, 0) is 14.3 Å². The number of ether oxygens (including phenoxy) is 2. The van der Waals surface area contributed by atoms with Gasteiger partial charge in [0.2, 0.25) is 0 Å².